The van der Waals surface area contributed by atoms with Gasteiger partial charge < -0.3 is 9.30 Å². The lowest BCUT2D eigenvalue weighted by Gasteiger charge is -2.24. The summed E-state index contributed by atoms with van der Waals surface area (Å²) < 4.78 is 7.38. The highest BCUT2D eigenvalue weighted by atomic mass is 35.5. The largest absolute Gasteiger partial charge is 0.444 e. The molecule has 0 atom stereocenters. The first kappa shape index (κ1) is 15.9. The van der Waals surface area contributed by atoms with Crippen LogP contribution in [0, 0.1) is 0 Å². The summed E-state index contributed by atoms with van der Waals surface area (Å²) in [4.78, 5) is 18.3. The number of imidazole rings is 1. The Morgan fingerprint density at radius 1 is 1.30 bits per heavy atom. The molecular weight excluding hydrogens is 314 g/mol. The second-order valence-electron chi connectivity index (χ2n) is 6.79. The van der Waals surface area contributed by atoms with Crippen LogP contribution in [0.5, 0.6) is 0 Å². The summed E-state index contributed by atoms with van der Waals surface area (Å²) >= 11 is 6.43. The van der Waals surface area contributed by atoms with Gasteiger partial charge in [0, 0.05) is 36.6 Å². The van der Waals surface area contributed by atoms with Crippen LogP contribution in [0.1, 0.15) is 31.9 Å². The van der Waals surface area contributed by atoms with E-state index < -0.39 is 5.60 Å². The predicted molar refractivity (Wildman–Crippen MR) is 89.1 cm³/mol. The van der Waals surface area contributed by atoms with Crippen molar-refractivity contribution in [1.29, 1.82) is 0 Å². The number of carbonyl (C=O) groups is 1. The minimum Gasteiger partial charge on any atom is -0.444 e. The van der Waals surface area contributed by atoms with E-state index in [1.54, 1.807) is 11.1 Å². The molecule has 0 bridgehead atoms. The number of benzene rings is 1. The Hall–Kier alpha value is -2.01. The number of amides is 1. The molecule has 2 heterocycles. The van der Waals surface area contributed by atoms with Gasteiger partial charge in [-0.15, -0.1) is 0 Å². The smallest absolute Gasteiger partial charge is 0.410 e. The van der Waals surface area contributed by atoms with Crippen molar-refractivity contribution >= 4 is 17.7 Å². The maximum Gasteiger partial charge on any atom is 0.410 e. The van der Waals surface area contributed by atoms with Crippen LogP contribution in [0.2, 0.25) is 5.02 Å². The Morgan fingerprint density at radius 2 is 2.04 bits per heavy atom. The molecule has 0 aliphatic carbocycles. The molecule has 6 heteroatoms. The molecule has 0 saturated carbocycles. The molecule has 3 rings (SSSR count). The van der Waals surface area contributed by atoms with Crippen molar-refractivity contribution in [3.63, 3.8) is 0 Å². The van der Waals surface area contributed by atoms with E-state index in [1.165, 1.54) is 0 Å². The standard InChI is InChI=1S/C17H20ClN3O2/c1-17(2,3)23-16(22)21-9-12-7-11(8-14(18)13(12)10-21)15-19-5-6-20(15)4/h5-8H,9-10H2,1-4H3. The minimum absolute atomic E-state index is 0.316. The monoisotopic (exact) mass is 333 g/mol. The fraction of sp³-hybridized carbons (Fsp3) is 0.412. The third-order valence-corrected chi connectivity index (χ3v) is 4.07. The van der Waals surface area contributed by atoms with E-state index in [9.17, 15) is 4.79 Å². The molecule has 5 nitrogen and oxygen atoms in total. The third kappa shape index (κ3) is 3.20. The average molecular weight is 334 g/mol. The number of nitrogens with zero attached hydrogens (tertiary/aromatic N) is 3. The number of fused-ring (bicyclic) bond motifs is 1. The Balaban J connectivity index is 1.87. The molecule has 2 aromatic rings. The van der Waals surface area contributed by atoms with Gasteiger partial charge >= 0.3 is 6.09 Å². The van der Waals surface area contributed by atoms with Crippen LogP contribution in [-0.4, -0.2) is 26.1 Å². The Kier molecular flexibility index (Phi) is 3.84. The lowest BCUT2D eigenvalue weighted by molar-refractivity contribution is 0.0242. The molecule has 1 aliphatic rings. The second kappa shape index (κ2) is 5.57. The van der Waals surface area contributed by atoms with Crippen LogP contribution in [0.3, 0.4) is 0 Å². The summed E-state index contributed by atoms with van der Waals surface area (Å²) in [5.74, 6) is 0.852. The fourth-order valence-corrected chi connectivity index (χ4v) is 2.99. The van der Waals surface area contributed by atoms with Crippen LogP contribution >= 0.6 is 11.6 Å². The highest BCUT2D eigenvalue weighted by Crippen LogP contribution is 2.34. The van der Waals surface area contributed by atoms with Crippen LogP contribution in [0.4, 0.5) is 4.79 Å². The molecular formula is C17H20ClN3O2. The summed E-state index contributed by atoms with van der Waals surface area (Å²) in [5.41, 5.74) is 2.47. The van der Waals surface area contributed by atoms with Crippen LogP contribution < -0.4 is 0 Å². The Labute approximate surface area is 140 Å². The average Bonchev–Trinajstić information content (AvgIpc) is 3.02. The van der Waals surface area contributed by atoms with Crippen LogP contribution in [0.25, 0.3) is 11.4 Å². The van der Waals surface area contributed by atoms with E-state index in [4.69, 9.17) is 16.3 Å². The molecule has 122 valence electrons. The van der Waals surface area contributed by atoms with Crippen molar-refractivity contribution in [3.8, 4) is 11.4 Å². The summed E-state index contributed by atoms with van der Waals surface area (Å²) in [7, 11) is 1.94. The quantitative estimate of drug-likeness (QED) is 0.792. The number of hydrogen-bond donors (Lipinski definition) is 0. The second-order valence-corrected chi connectivity index (χ2v) is 7.20. The molecule has 1 amide bonds. The number of rotatable bonds is 1. The van der Waals surface area contributed by atoms with Crippen molar-refractivity contribution in [2.75, 3.05) is 0 Å². The Bertz CT molecular complexity index is 762. The zero-order chi connectivity index (χ0) is 16.8. The zero-order valence-corrected chi connectivity index (χ0v) is 14.5. The molecule has 1 aromatic carbocycles. The van der Waals surface area contributed by atoms with E-state index in [0.717, 1.165) is 22.5 Å². The van der Waals surface area contributed by atoms with E-state index in [0.29, 0.717) is 18.1 Å². The van der Waals surface area contributed by atoms with Gasteiger partial charge in [0.05, 0.1) is 6.54 Å². The van der Waals surface area contributed by atoms with Gasteiger partial charge in [-0.2, -0.15) is 0 Å². The first-order valence-electron chi connectivity index (χ1n) is 7.51. The van der Waals surface area contributed by atoms with Gasteiger partial charge in [-0.05, 0) is 44.0 Å². The lowest BCUT2D eigenvalue weighted by Crippen LogP contribution is -2.33. The SMILES string of the molecule is Cn1ccnc1-c1cc(Cl)c2c(c1)CN(C(=O)OC(C)(C)C)C2. The number of ether oxygens (including phenoxy) is 1. The van der Waals surface area contributed by atoms with Gasteiger partial charge in [0.25, 0.3) is 0 Å². The molecule has 0 unspecified atom stereocenters. The van der Waals surface area contributed by atoms with Crippen LogP contribution in [-0.2, 0) is 24.9 Å². The number of aryl methyl sites for hydroxylation is 1. The lowest BCUT2D eigenvalue weighted by atomic mass is 10.1. The number of halogens is 1. The normalized spacial score (nSPS) is 14.0. The third-order valence-electron chi connectivity index (χ3n) is 3.73. The highest BCUT2D eigenvalue weighted by Gasteiger charge is 2.29. The molecule has 1 aromatic heterocycles. The van der Waals surface area contributed by atoms with E-state index in [-0.39, 0.29) is 6.09 Å². The Morgan fingerprint density at radius 3 is 2.65 bits per heavy atom. The van der Waals surface area contributed by atoms with Crippen molar-refractivity contribution < 1.29 is 9.53 Å². The molecule has 0 N–H and O–H groups in total. The van der Waals surface area contributed by atoms with Gasteiger partial charge in [0.1, 0.15) is 11.4 Å². The van der Waals surface area contributed by atoms with E-state index in [1.807, 2.05) is 50.7 Å². The van der Waals surface area contributed by atoms with Crippen LogP contribution in [0.15, 0.2) is 24.5 Å². The van der Waals surface area contributed by atoms with Crippen molar-refractivity contribution in [2.45, 2.75) is 39.5 Å². The zero-order valence-electron chi connectivity index (χ0n) is 13.8. The van der Waals surface area contributed by atoms with Crippen molar-refractivity contribution in [1.82, 2.24) is 14.5 Å². The van der Waals surface area contributed by atoms with Gasteiger partial charge in [-0.25, -0.2) is 9.78 Å². The molecule has 0 radical (unpaired) electrons. The molecule has 1 aliphatic heterocycles. The topological polar surface area (TPSA) is 47.4 Å². The predicted octanol–water partition coefficient (Wildman–Crippen LogP) is 3.99. The first-order valence-corrected chi connectivity index (χ1v) is 7.89. The minimum atomic E-state index is -0.506. The summed E-state index contributed by atoms with van der Waals surface area (Å²) in [6, 6.07) is 3.95. The molecule has 0 fully saturated rings. The van der Waals surface area contributed by atoms with Gasteiger partial charge in [-0.1, -0.05) is 11.6 Å². The molecule has 0 spiro atoms. The fourth-order valence-electron chi connectivity index (χ4n) is 2.69. The summed E-state index contributed by atoms with van der Waals surface area (Å²) in [6.07, 6.45) is 3.33. The molecule has 23 heavy (non-hydrogen) atoms. The van der Waals surface area contributed by atoms with Crippen molar-refractivity contribution in [3.05, 3.63) is 40.7 Å². The number of carbonyl (C=O) groups excluding carboxylic acids is 1. The van der Waals surface area contributed by atoms with Crippen molar-refractivity contribution in [2.24, 2.45) is 7.05 Å². The number of aromatic nitrogens is 2. The van der Waals surface area contributed by atoms with E-state index >= 15 is 0 Å². The maximum absolute atomic E-state index is 12.3. The number of hydrogen-bond acceptors (Lipinski definition) is 3. The maximum atomic E-state index is 12.3. The van der Waals surface area contributed by atoms with E-state index in [2.05, 4.69) is 4.98 Å². The summed E-state index contributed by atoms with van der Waals surface area (Å²) in [5, 5.41) is 0.659. The van der Waals surface area contributed by atoms with Gasteiger partial charge in [0.2, 0.25) is 0 Å². The first-order chi connectivity index (χ1) is 10.7. The molecule has 0 saturated heterocycles. The highest BCUT2D eigenvalue weighted by molar-refractivity contribution is 6.31. The van der Waals surface area contributed by atoms with Gasteiger partial charge in [0.15, 0.2) is 0 Å². The summed E-state index contributed by atoms with van der Waals surface area (Å²) in [6.45, 7) is 6.56. The van der Waals surface area contributed by atoms with Gasteiger partial charge in [-0.3, -0.25) is 4.90 Å².